The van der Waals surface area contributed by atoms with Crippen molar-refractivity contribution in [3.63, 3.8) is 0 Å². The van der Waals surface area contributed by atoms with E-state index in [1.807, 2.05) is 0 Å². The number of fused-ring (bicyclic) bond motifs is 2. The van der Waals surface area contributed by atoms with E-state index in [4.69, 9.17) is 52.1 Å². The molecule has 0 amide bonds. The second-order valence-electron chi connectivity index (χ2n) is 20.9. The van der Waals surface area contributed by atoms with Crippen LogP contribution in [0.25, 0.3) is 10.8 Å². The maximum absolute atomic E-state index is 14.8. The standard InChI is InChI=1S/C51H76O23/c1-19-31(72-35-16-33(45(59)25(7)68-35)73-34-14-30(53)43(57)23(5)67-34)13-28-11-27-12-29(48(64-10)41(55)20(2)52)49(47(61)39(27)46(60)38(28)40(19)54)74-36-15-32(44(58)24(6)69-36)66-18-65-21(3)42(56)22(4)70-37-17-51(9,63)50(62)26(8)71-37/h11,13,21-26,29-30,32-37,41-45,48-50,53-60,62-63H,12,14-18H2,1-10H3/t21?,22?,23?,24?,25?,26?,29-,30?,32?,33?,34?,35?,36?,37?,41-,42?,43?,44?,45?,48-,49-,50?,51?/m0/s1. The molecule has 10 N–H and O–H groups in total. The fourth-order valence-electron chi connectivity index (χ4n) is 10.7. The molecule has 0 spiro atoms. The fraction of sp³-hybridized carbons (Fsp3) is 0.765. The molecule has 4 saturated heterocycles. The topological polar surface area (TPSA) is 338 Å². The van der Waals surface area contributed by atoms with Gasteiger partial charge in [-0.15, -0.1) is 0 Å². The second-order valence-corrected chi connectivity index (χ2v) is 20.9. The first-order chi connectivity index (χ1) is 34.7. The molecule has 1 aliphatic carbocycles. The molecule has 2 aromatic rings. The third-order valence-corrected chi connectivity index (χ3v) is 15.3. The van der Waals surface area contributed by atoms with Gasteiger partial charge in [0, 0.05) is 44.3 Å². The SMILES string of the molecule is CO[C@@H]([C@@H]1Cc2cc3cc(OC4CC(OC5CC(O)C(O)C(C)O5)C(O)C(C)O4)c(C)c(O)c3c(O)c2C(=O)[C@H]1OC1CC(OCOC(C)C(O)C(C)OC2CC(C)(O)C(O)C(C)O2)C(O)C(C)O1)[C@@H](O)C(C)=O. The van der Waals surface area contributed by atoms with Crippen LogP contribution in [0.2, 0.25) is 0 Å². The van der Waals surface area contributed by atoms with Crippen LogP contribution < -0.4 is 4.74 Å². The maximum Gasteiger partial charge on any atom is 0.202 e. The van der Waals surface area contributed by atoms with Gasteiger partial charge in [0.25, 0.3) is 0 Å². The fourth-order valence-corrected chi connectivity index (χ4v) is 10.7. The van der Waals surface area contributed by atoms with E-state index in [2.05, 4.69) is 0 Å². The quantitative estimate of drug-likeness (QED) is 0.0916. The molecule has 23 nitrogen and oxygen atoms in total. The van der Waals surface area contributed by atoms with Crippen molar-refractivity contribution in [1.29, 1.82) is 0 Å². The van der Waals surface area contributed by atoms with Gasteiger partial charge in [0.2, 0.25) is 6.29 Å². The number of hydrogen-bond donors (Lipinski definition) is 10. The summed E-state index contributed by atoms with van der Waals surface area (Å²) < 4.78 is 65.5. The van der Waals surface area contributed by atoms with Crippen molar-refractivity contribution >= 4 is 22.3 Å². The Morgan fingerprint density at radius 2 is 1.39 bits per heavy atom. The third kappa shape index (κ3) is 12.4. The second kappa shape index (κ2) is 23.8. The van der Waals surface area contributed by atoms with Gasteiger partial charge in [0.15, 0.2) is 30.4 Å². The number of methoxy groups -OCH3 is 1. The van der Waals surface area contributed by atoms with Crippen LogP contribution in [0.5, 0.6) is 17.2 Å². The number of carbonyl (C=O) groups excluding carboxylic acids is 2. The first-order valence-corrected chi connectivity index (χ1v) is 25.3. The highest BCUT2D eigenvalue weighted by atomic mass is 16.7. The Labute approximate surface area is 429 Å². The zero-order valence-corrected chi connectivity index (χ0v) is 43.4. The Hall–Kier alpha value is -3.28. The molecule has 5 aliphatic rings. The number of aliphatic hydroxyl groups excluding tert-OH is 7. The Morgan fingerprint density at radius 3 is 2.01 bits per heavy atom. The minimum atomic E-state index is -1.71. The molecule has 74 heavy (non-hydrogen) atoms. The molecular formula is C51H76O23. The molecule has 418 valence electrons. The third-order valence-electron chi connectivity index (χ3n) is 15.3. The molecule has 4 heterocycles. The number of aliphatic hydroxyl groups is 8. The van der Waals surface area contributed by atoms with E-state index >= 15 is 0 Å². The van der Waals surface area contributed by atoms with Crippen LogP contribution in [-0.4, -0.2) is 211 Å². The number of rotatable bonds is 18. The highest BCUT2D eigenvalue weighted by molar-refractivity contribution is 6.11. The summed E-state index contributed by atoms with van der Waals surface area (Å²) in [4.78, 5) is 27.5. The predicted molar refractivity (Wildman–Crippen MR) is 255 cm³/mol. The van der Waals surface area contributed by atoms with E-state index in [1.54, 1.807) is 47.6 Å². The number of ketones is 2. The molecule has 0 saturated carbocycles. The molecule has 23 heteroatoms. The summed E-state index contributed by atoms with van der Waals surface area (Å²) in [5, 5.41) is 109. The number of phenols is 2. The lowest BCUT2D eigenvalue weighted by molar-refractivity contribution is -0.298. The van der Waals surface area contributed by atoms with Crippen molar-refractivity contribution in [1.82, 2.24) is 0 Å². The van der Waals surface area contributed by atoms with Crippen molar-refractivity contribution in [2.45, 2.75) is 229 Å². The van der Waals surface area contributed by atoms with Crippen LogP contribution >= 0.6 is 0 Å². The highest BCUT2D eigenvalue weighted by Crippen LogP contribution is 2.47. The lowest BCUT2D eigenvalue weighted by Crippen LogP contribution is -2.56. The van der Waals surface area contributed by atoms with Crippen LogP contribution in [0.1, 0.15) is 103 Å². The molecule has 0 aromatic heterocycles. The normalized spacial score (nSPS) is 38.9. The minimum Gasteiger partial charge on any atom is -0.507 e. The first kappa shape index (κ1) is 58.4. The zero-order chi connectivity index (χ0) is 54.4. The lowest BCUT2D eigenvalue weighted by atomic mass is 9.75. The number of aromatic hydroxyl groups is 2. The van der Waals surface area contributed by atoms with Crippen molar-refractivity contribution < 1.29 is 113 Å². The highest BCUT2D eigenvalue weighted by Gasteiger charge is 2.50. The van der Waals surface area contributed by atoms with Gasteiger partial charge in [-0.1, -0.05) is 0 Å². The van der Waals surface area contributed by atoms with Crippen LogP contribution in [0.4, 0.5) is 0 Å². The number of ether oxygens (including phenoxy) is 11. The molecule has 7 rings (SSSR count). The molecule has 4 fully saturated rings. The number of benzene rings is 2. The van der Waals surface area contributed by atoms with Gasteiger partial charge in [-0.3, -0.25) is 9.59 Å². The maximum atomic E-state index is 14.8. The zero-order valence-electron chi connectivity index (χ0n) is 43.4. The molecule has 0 radical (unpaired) electrons. The summed E-state index contributed by atoms with van der Waals surface area (Å²) in [6, 6.07) is 3.10. The Morgan fingerprint density at radius 1 is 0.797 bits per heavy atom. The van der Waals surface area contributed by atoms with Gasteiger partial charge in [-0.25, -0.2) is 0 Å². The number of carbonyl (C=O) groups is 2. The van der Waals surface area contributed by atoms with Crippen molar-refractivity contribution in [2.24, 2.45) is 5.92 Å². The molecular weight excluding hydrogens is 981 g/mol. The Bertz CT molecular complexity index is 2250. The lowest BCUT2D eigenvalue weighted by Gasteiger charge is -2.43. The van der Waals surface area contributed by atoms with Crippen molar-refractivity contribution in [2.75, 3.05) is 13.9 Å². The molecule has 4 aliphatic heterocycles. The van der Waals surface area contributed by atoms with E-state index in [9.17, 15) is 60.7 Å². The molecule has 19 unspecified atom stereocenters. The Balaban J connectivity index is 1.07. The summed E-state index contributed by atoms with van der Waals surface area (Å²) in [7, 11) is 1.26. The number of Topliss-reactive ketones (excluding diaryl/α,β-unsaturated/α-hetero) is 2. The summed E-state index contributed by atoms with van der Waals surface area (Å²) in [6.07, 6.45) is -22.7. The van der Waals surface area contributed by atoms with E-state index in [1.165, 1.54) is 27.0 Å². The molecule has 2 aromatic carbocycles. The molecule has 0 bridgehead atoms. The van der Waals surface area contributed by atoms with Crippen molar-refractivity contribution in [3.8, 4) is 17.2 Å². The average Bonchev–Trinajstić information content (AvgIpc) is 3.32. The molecule has 23 atom stereocenters. The van der Waals surface area contributed by atoms with Gasteiger partial charge in [0.1, 0.15) is 66.8 Å². The number of phenolic OH excluding ortho intramolecular Hbond substituents is 2. The first-order valence-electron chi connectivity index (χ1n) is 25.3. The van der Waals surface area contributed by atoms with Crippen LogP contribution in [-0.2, 0) is 58.6 Å². The van der Waals surface area contributed by atoms with Gasteiger partial charge in [-0.05, 0) is 91.8 Å². The Kier molecular flexibility index (Phi) is 18.8. The number of hydrogen-bond acceptors (Lipinski definition) is 23. The van der Waals surface area contributed by atoms with Gasteiger partial charge < -0.3 is 103 Å². The summed E-state index contributed by atoms with van der Waals surface area (Å²) >= 11 is 0. The van der Waals surface area contributed by atoms with Gasteiger partial charge >= 0.3 is 0 Å². The van der Waals surface area contributed by atoms with E-state index in [-0.39, 0.29) is 65.3 Å². The smallest absolute Gasteiger partial charge is 0.202 e. The van der Waals surface area contributed by atoms with Crippen LogP contribution in [0.3, 0.4) is 0 Å². The minimum absolute atomic E-state index is 0.0144. The largest absolute Gasteiger partial charge is 0.507 e. The van der Waals surface area contributed by atoms with E-state index in [0.717, 1.165) is 6.92 Å². The summed E-state index contributed by atoms with van der Waals surface area (Å²) in [5.74, 6) is -3.39. The van der Waals surface area contributed by atoms with Gasteiger partial charge in [0.05, 0.1) is 77.6 Å². The summed E-state index contributed by atoms with van der Waals surface area (Å²) in [5.41, 5.74) is -1.25. The van der Waals surface area contributed by atoms with Crippen LogP contribution in [0, 0.1) is 12.8 Å². The monoisotopic (exact) mass is 1060 g/mol. The van der Waals surface area contributed by atoms with Gasteiger partial charge in [-0.2, -0.15) is 0 Å². The van der Waals surface area contributed by atoms with E-state index in [0.29, 0.717) is 0 Å². The average molecular weight is 1060 g/mol. The van der Waals surface area contributed by atoms with Crippen LogP contribution in [0.15, 0.2) is 12.1 Å². The van der Waals surface area contributed by atoms with E-state index < -0.39 is 170 Å². The van der Waals surface area contributed by atoms with Crippen molar-refractivity contribution in [3.05, 3.63) is 28.8 Å². The summed E-state index contributed by atoms with van der Waals surface area (Å²) in [6.45, 7) is 13.3. The predicted octanol–water partition coefficient (Wildman–Crippen LogP) is 0.637.